The van der Waals surface area contributed by atoms with Crippen LogP contribution in [0.3, 0.4) is 0 Å². The topological polar surface area (TPSA) is 61.4 Å². The summed E-state index contributed by atoms with van der Waals surface area (Å²) < 4.78 is 13.4. The Hall–Kier alpha value is -2.77. The maximum absolute atomic E-state index is 6.00. The van der Waals surface area contributed by atoms with E-state index in [0.29, 0.717) is 17.4 Å². The van der Waals surface area contributed by atoms with E-state index in [1.54, 1.807) is 17.1 Å². The minimum absolute atomic E-state index is 0.362. The molecule has 0 aliphatic heterocycles. The van der Waals surface area contributed by atoms with Crippen LogP contribution >= 0.6 is 12.2 Å². The summed E-state index contributed by atoms with van der Waals surface area (Å²) >= 11 is 5.35. The van der Waals surface area contributed by atoms with Gasteiger partial charge in [0.2, 0.25) is 5.89 Å². The number of benzene rings is 1. The molecule has 0 amide bonds. The number of pyridine rings is 1. The zero-order valence-electron chi connectivity index (χ0n) is 15.3. The Labute approximate surface area is 162 Å². The lowest BCUT2D eigenvalue weighted by Crippen LogP contribution is -3.07. The van der Waals surface area contributed by atoms with Crippen molar-refractivity contribution in [2.45, 2.75) is 26.6 Å². The Morgan fingerprint density at radius 3 is 2.78 bits per heavy atom. The molecule has 0 spiro atoms. The molecule has 3 heterocycles. The van der Waals surface area contributed by atoms with Gasteiger partial charge in [0, 0.05) is 24.2 Å². The average Bonchev–Trinajstić information content (AvgIpc) is 3.23. The lowest BCUT2D eigenvalue weighted by atomic mass is 10.1. The van der Waals surface area contributed by atoms with Gasteiger partial charge >= 0.3 is 0 Å². The highest BCUT2D eigenvalue weighted by Crippen LogP contribution is 2.25. The molecule has 7 heteroatoms. The number of hydrogen-bond acceptors (Lipinski definition) is 5. The van der Waals surface area contributed by atoms with Crippen molar-refractivity contribution in [1.82, 2.24) is 14.8 Å². The first-order chi connectivity index (χ1) is 13.2. The van der Waals surface area contributed by atoms with Crippen LogP contribution in [0.5, 0.6) is 0 Å². The van der Waals surface area contributed by atoms with Crippen LogP contribution in [-0.4, -0.2) is 21.8 Å². The molecule has 1 unspecified atom stereocenters. The Morgan fingerprint density at radius 1 is 1.15 bits per heavy atom. The molecule has 1 N–H and O–H groups in total. The van der Waals surface area contributed by atoms with E-state index >= 15 is 0 Å². The first-order valence-electron chi connectivity index (χ1n) is 8.94. The SMILES string of the molecule is CCc1oc2ccccc2c1C[NH+](C)Cn1nc(-c2cccnc2)oc1=S. The number of nitrogens with one attached hydrogen (secondary N) is 1. The van der Waals surface area contributed by atoms with Gasteiger partial charge in [0.25, 0.3) is 4.84 Å². The molecule has 6 nitrogen and oxygen atoms in total. The predicted molar refractivity (Wildman–Crippen MR) is 105 cm³/mol. The van der Waals surface area contributed by atoms with Gasteiger partial charge in [0.05, 0.1) is 18.2 Å². The minimum Gasteiger partial charge on any atom is -0.461 e. The molecule has 0 aliphatic carbocycles. The maximum Gasteiger partial charge on any atom is 0.292 e. The fourth-order valence-corrected chi connectivity index (χ4v) is 3.44. The van der Waals surface area contributed by atoms with Gasteiger partial charge in [-0.2, -0.15) is 4.68 Å². The molecule has 3 aromatic heterocycles. The summed E-state index contributed by atoms with van der Waals surface area (Å²) in [5.41, 5.74) is 3.00. The third kappa shape index (κ3) is 3.56. The number of rotatable bonds is 6. The Kier molecular flexibility index (Phi) is 4.87. The quantitative estimate of drug-likeness (QED) is 0.520. The highest BCUT2D eigenvalue weighted by Gasteiger charge is 2.18. The molecule has 1 atom stereocenters. The molecule has 1 aromatic carbocycles. The van der Waals surface area contributed by atoms with Gasteiger partial charge in [-0.05, 0) is 30.4 Å². The normalized spacial score (nSPS) is 12.5. The van der Waals surface area contributed by atoms with Crippen molar-refractivity contribution in [3.8, 4) is 11.5 Å². The molecular formula is C20H21N4O2S+. The highest BCUT2D eigenvalue weighted by atomic mass is 32.1. The summed E-state index contributed by atoms with van der Waals surface area (Å²) in [5.74, 6) is 1.53. The van der Waals surface area contributed by atoms with Crippen molar-refractivity contribution in [2.24, 2.45) is 0 Å². The summed E-state index contributed by atoms with van der Waals surface area (Å²) in [7, 11) is 2.11. The summed E-state index contributed by atoms with van der Waals surface area (Å²) in [5, 5.41) is 5.69. The standard InChI is InChI=1S/C20H20N4O2S/c1-3-17-16(15-8-4-5-9-18(15)25-17)12-23(2)13-24-20(27)26-19(22-24)14-7-6-10-21-11-14/h4-11H,3,12-13H2,1-2H3/p+1. The summed E-state index contributed by atoms with van der Waals surface area (Å²) in [6.07, 6.45) is 4.30. The largest absolute Gasteiger partial charge is 0.461 e. The summed E-state index contributed by atoms with van der Waals surface area (Å²) in [4.78, 5) is 5.70. The predicted octanol–water partition coefficient (Wildman–Crippen LogP) is 3.25. The monoisotopic (exact) mass is 381 g/mol. The Balaban J connectivity index is 1.56. The number of hydrogen-bond donors (Lipinski definition) is 1. The number of aryl methyl sites for hydroxylation is 1. The second-order valence-corrected chi connectivity index (χ2v) is 6.91. The van der Waals surface area contributed by atoms with Crippen LogP contribution in [0.2, 0.25) is 0 Å². The summed E-state index contributed by atoms with van der Waals surface area (Å²) in [6.45, 7) is 3.53. The van der Waals surface area contributed by atoms with E-state index in [0.717, 1.165) is 29.9 Å². The van der Waals surface area contributed by atoms with Gasteiger partial charge in [-0.15, -0.1) is 5.10 Å². The molecule has 0 saturated heterocycles. The van der Waals surface area contributed by atoms with Gasteiger partial charge in [-0.1, -0.05) is 25.1 Å². The van der Waals surface area contributed by atoms with Gasteiger partial charge < -0.3 is 13.7 Å². The van der Waals surface area contributed by atoms with Gasteiger partial charge in [-0.3, -0.25) is 4.98 Å². The first kappa shape index (κ1) is 17.6. The van der Waals surface area contributed by atoms with Gasteiger partial charge in [-0.25, -0.2) is 0 Å². The summed E-state index contributed by atoms with van der Waals surface area (Å²) in [6, 6.07) is 11.9. The van der Waals surface area contributed by atoms with Crippen LogP contribution < -0.4 is 4.90 Å². The minimum atomic E-state index is 0.362. The Bertz CT molecular complexity index is 1110. The van der Waals surface area contributed by atoms with Crippen LogP contribution in [0.1, 0.15) is 18.2 Å². The molecular weight excluding hydrogens is 360 g/mol. The van der Waals surface area contributed by atoms with Crippen molar-refractivity contribution < 1.29 is 13.7 Å². The molecule has 4 rings (SSSR count). The van der Waals surface area contributed by atoms with Crippen LogP contribution in [-0.2, 0) is 19.6 Å². The lowest BCUT2D eigenvalue weighted by molar-refractivity contribution is -0.917. The van der Waals surface area contributed by atoms with E-state index in [9.17, 15) is 0 Å². The van der Waals surface area contributed by atoms with Gasteiger partial charge in [0.15, 0.2) is 6.67 Å². The van der Waals surface area contributed by atoms with Crippen molar-refractivity contribution in [3.63, 3.8) is 0 Å². The van der Waals surface area contributed by atoms with E-state index in [2.05, 4.69) is 30.1 Å². The third-order valence-electron chi connectivity index (χ3n) is 4.52. The molecule has 138 valence electrons. The van der Waals surface area contributed by atoms with Crippen molar-refractivity contribution >= 4 is 23.2 Å². The van der Waals surface area contributed by atoms with E-state index < -0.39 is 0 Å². The third-order valence-corrected chi connectivity index (χ3v) is 4.81. The zero-order valence-corrected chi connectivity index (χ0v) is 16.1. The number of para-hydroxylation sites is 1. The van der Waals surface area contributed by atoms with Crippen LogP contribution in [0, 0.1) is 4.84 Å². The van der Waals surface area contributed by atoms with E-state index in [4.69, 9.17) is 21.1 Å². The maximum atomic E-state index is 6.00. The second-order valence-electron chi connectivity index (χ2n) is 6.56. The highest BCUT2D eigenvalue weighted by molar-refractivity contribution is 7.71. The van der Waals surface area contributed by atoms with E-state index in [1.807, 2.05) is 30.3 Å². The van der Waals surface area contributed by atoms with E-state index in [1.165, 1.54) is 15.8 Å². The number of fused-ring (bicyclic) bond motifs is 1. The van der Waals surface area contributed by atoms with Crippen molar-refractivity contribution in [2.75, 3.05) is 7.05 Å². The number of quaternary nitrogens is 1. The van der Waals surface area contributed by atoms with Crippen molar-refractivity contribution in [3.05, 3.63) is 65.0 Å². The molecule has 4 aromatic rings. The number of aromatic nitrogens is 3. The number of nitrogens with zero attached hydrogens (tertiary/aromatic N) is 3. The van der Waals surface area contributed by atoms with Crippen molar-refractivity contribution in [1.29, 1.82) is 0 Å². The lowest BCUT2D eigenvalue weighted by Gasteiger charge is -2.13. The first-order valence-corrected chi connectivity index (χ1v) is 9.35. The fraction of sp³-hybridized carbons (Fsp3) is 0.250. The van der Waals surface area contributed by atoms with Crippen LogP contribution in [0.25, 0.3) is 22.4 Å². The zero-order chi connectivity index (χ0) is 18.8. The molecule has 0 fully saturated rings. The van der Waals surface area contributed by atoms with Gasteiger partial charge in [0.1, 0.15) is 17.9 Å². The molecule has 27 heavy (non-hydrogen) atoms. The molecule has 0 aliphatic rings. The molecule has 0 saturated carbocycles. The van der Waals surface area contributed by atoms with Crippen LogP contribution in [0.4, 0.5) is 0 Å². The molecule has 0 radical (unpaired) electrons. The average molecular weight is 381 g/mol. The van der Waals surface area contributed by atoms with E-state index in [-0.39, 0.29) is 0 Å². The second kappa shape index (κ2) is 7.46. The smallest absolute Gasteiger partial charge is 0.292 e. The fourth-order valence-electron chi connectivity index (χ4n) is 3.25. The number of furan rings is 1. The molecule has 0 bridgehead atoms. The Morgan fingerprint density at radius 2 is 2.00 bits per heavy atom. The van der Waals surface area contributed by atoms with Crippen LogP contribution in [0.15, 0.2) is 57.6 Å².